The highest BCUT2D eigenvalue weighted by atomic mass is 16.2. The molecule has 0 saturated carbocycles. The molecule has 2 rings (SSSR count). The summed E-state index contributed by atoms with van der Waals surface area (Å²) in [7, 11) is 0. The molecule has 5 nitrogen and oxygen atoms in total. The van der Waals surface area contributed by atoms with Crippen LogP contribution in [0.4, 0.5) is 0 Å². The van der Waals surface area contributed by atoms with Crippen LogP contribution in [0, 0.1) is 0 Å². The van der Waals surface area contributed by atoms with Gasteiger partial charge in [0.2, 0.25) is 6.41 Å². The number of hydrogen-bond donors (Lipinski definition) is 2. The SMILES string of the molecule is O=CNNC(=O)c1cnc2ccccc2c1. The summed E-state index contributed by atoms with van der Waals surface area (Å²) in [6.07, 6.45) is 1.86. The van der Waals surface area contributed by atoms with Gasteiger partial charge in [-0.3, -0.25) is 25.4 Å². The number of aromatic nitrogens is 1. The Morgan fingerprint density at radius 2 is 2.12 bits per heavy atom. The molecule has 1 heterocycles. The largest absolute Gasteiger partial charge is 0.277 e. The fraction of sp³-hybridized carbons (Fsp3) is 0. The zero-order chi connectivity index (χ0) is 11.4. The summed E-state index contributed by atoms with van der Waals surface area (Å²) in [5.74, 6) is -0.398. The predicted octanol–water partition coefficient (Wildman–Crippen LogP) is 0.626. The molecular formula is C11H9N3O2. The van der Waals surface area contributed by atoms with Crippen molar-refractivity contribution < 1.29 is 9.59 Å². The highest BCUT2D eigenvalue weighted by Crippen LogP contribution is 2.12. The van der Waals surface area contributed by atoms with E-state index in [1.165, 1.54) is 6.20 Å². The van der Waals surface area contributed by atoms with E-state index in [9.17, 15) is 9.59 Å². The summed E-state index contributed by atoms with van der Waals surface area (Å²) in [5, 5.41) is 0.876. The smallest absolute Gasteiger partial charge is 0.271 e. The Labute approximate surface area is 91.5 Å². The van der Waals surface area contributed by atoms with E-state index in [0.717, 1.165) is 10.9 Å². The summed E-state index contributed by atoms with van der Waals surface area (Å²) < 4.78 is 0. The number of carbonyl (C=O) groups excluding carboxylic acids is 2. The zero-order valence-corrected chi connectivity index (χ0v) is 8.31. The first-order chi connectivity index (χ1) is 7.81. The van der Waals surface area contributed by atoms with Gasteiger partial charge in [-0.25, -0.2) is 0 Å². The van der Waals surface area contributed by atoms with Crippen LogP contribution in [0.15, 0.2) is 36.5 Å². The average Bonchev–Trinajstić information content (AvgIpc) is 2.35. The molecule has 1 aromatic heterocycles. The van der Waals surface area contributed by atoms with Crippen molar-refractivity contribution in [2.75, 3.05) is 0 Å². The van der Waals surface area contributed by atoms with Crippen LogP contribution in [-0.4, -0.2) is 17.3 Å². The second-order valence-electron chi connectivity index (χ2n) is 3.13. The van der Waals surface area contributed by atoms with Crippen molar-refractivity contribution >= 4 is 23.2 Å². The topological polar surface area (TPSA) is 71.1 Å². The van der Waals surface area contributed by atoms with Gasteiger partial charge < -0.3 is 0 Å². The maximum absolute atomic E-state index is 11.5. The summed E-state index contributed by atoms with van der Waals surface area (Å²) >= 11 is 0. The van der Waals surface area contributed by atoms with Crippen LogP contribution < -0.4 is 10.9 Å². The number of nitrogens with one attached hydrogen (secondary N) is 2. The van der Waals surface area contributed by atoms with Crippen LogP contribution in [0.25, 0.3) is 10.9 Å². The van der Waals surface area contributed by atoms with E-state index in [2.05, 4.69) is 15.8 Å². The molecule has 2 aromatic rings. The van der Waals surface area contributed by atoms with Crippen LogP contribution in [0.5, 0.6) is 0 Å². The fourth-order valence-corrected chi connectivity index (χ4v) is 1.36. The third kappa shape index (κ3) is 1.98. The summed E-state index contributed by atoms with van der Waals surface area (Å²) in [5.41, 5.74) is 5.52. The van der Waals surface area contributed by atoms with Gasteiger partial charge in [0.15, 0.2) is 0 Å². The fourth-order valence-electron chi connectivity index (χ4n) is 1.36. The minimum Gasteiger partial charge on any atom is -0.277 e. The lowest BCUT2D eigenvalue weighted by molar-refractivity contribution is -0.110. The minimum atomic E-state index is -0.398. The first-order valence-corrected chi connectivity index (χ1v) is 4.65. The molecule has 0 radical (unpaired) electrons. The third-order valence-corrected chi connectivity index (χ3v) is 2.10. The van der Waals surface area contributed by atoms with Crippen molar-refractivity contribution in [1.82, 2.24) is 15.8 Å². The molecule has 16 heavy (non-hydrogen) atoms. The van der Waals surface area contributed by atoms with Crippen LogP contribution >= 0.6 is 0 Å². The van der Waals surface area contributed by atoms with Gasteiger partial charge in [0.05, 0.1) is 11.1 Å². The Hall–Kier alpha value is -2.43. The van der Waals surface area contributed by atoms with E-state index in [0.29, 0.717) is 12.0 Å². The molecule has 0 atom stereocenters. The first-order valence-electron chi connectivity index (χ1n) is 4.65. The molecule has 2 amide bonds. The Morgan fingerprint density at radius 1 is 1.31 bits per heavy atom. The molecule has 0 aliphatic rings. The third-order valence-electron chi connectivity index (χ3n) is 2.10. The number of nitrogens with zero attached hydrogens (tertiary/aromatic N) is 1. The summed E-state index contributed by atoms with van der Waals surface area (Å²) in [6.45, 7) is 0. The van der Waals surface area contributed by atoms with Gasteiger partial charge in [-0.15, -0.1) is 0 Å². The molecule has 5 heteroatoms. The molecule has 1 aromatic carbocycles. The molecule has 80 valence electrons. The molecule has 2 N–H and O–H groups in total. The van der Waals surface area contributed by atoms with Crippen LogP contribution in [0.1, 0.15) is 10.4 Å². The van der Waals surface area contributed by atoms with Crippen molar-refractivity contribution in [1.29, 1.82) is 0 Å². The second kappa shape index (κ2) is 4.39. The molecule has 0 aliphatic heterocycles. The van der Waals surface area contributed by atoms with E-state index >= 15 is 0 Å². The Bertz CT molecular complexity index is 539. The molecule has 0 aliphatic carbocycles. The number of carbonyl (C=O) groups is 2. The first kappa shape index (κ1) is 10.1. The number of pyridine rings is 1. The Morgan fingerprint density at radius 3 is 2.94 bits per heavy atom. The number of para-hydroxylation sites is 1. The Kier molecular flexibility index (Phi) is 2.77. The number of fused-ring (bicyclic) bond motifs is 1. The zero-order valence-electron chi connectivity index (χ0n) is 8.31. The minimum absolute atomic E-state index is 0.395. The number of rotatable bonds is 3. The lowest BCUT2D eigenvalue weighted by atomic mass is 10.1. The Balaban J connectivity index is 2.32. The van der Waals surface area contributed by atoms with Gasteiger partial charge in [-0.05, 0) is 12.1 Å². The van der Waals surface area contributed by atoms with E-state index in [4.69, 9.17) is 0 Å². The molecular weight excluding hydrogens is 206 g/mol. The molecule has 0 fully saturated rings. The van der Waals surface area contributed by atoms with E-state index in [1.54, 1.807) is 6.07 Å². The average molecular weight is 215 g/mol. The summed E-state index contributed by atoms with van der Waals surface area (Å²) in [6, 6.07) is 9.19. The van der Waals surface area contributed by atoms with Gasteiger partial charge in [-0.1, -0.05) is 18.2 Å². The van der Waals surface area contributed by atoms with Crippen LogP contribution in [0.2, 0.25) is 0 Å². The van der Waals surface area contributed by atoms with Gasteiger partial charge in [0.25, 0.3) is 5.91 Å². The van der Waals surface area contributed by atoms with Crippen molar-refractivity contribution in [3.8, 4) is 0 Å². The van der Waals surface area contributed by atoms with Gasteiger partial charge in [-0.2, -0.15) is 0 Å². The number of benzene rings is 1. The van der Waals surface area contributed by atoms with Crippen LogP contribution in [-0.2, 0) is 4.79 Å². The molecule has 0 unspecified atom stereocenters. The lowest BCUT2D eigenvalue weighted by Gasteiger charge is -2.03. The highest BCUT2D eigenvalue weighted by molar-refractivity contribution is 5.97. The maximum atomic E-state index is 11.5. The number of hydrogen-bond acceptors (Lipinski definition) is 3. The van der Waals surface area contributed by atoms with Crippen molar-refractivity contribution in [2.45, 2.75) is 0 Å². The van der Waals surface area contributed by atoms with Gasteiger partial charge >= 0.3 is 0 Å². The monoisotopic (exact) mass is 215 g/mol. The summed E-state index contributed by atoms with van der Waals surface area (Å²) in [4.78, 5) is 25.6. The maximum Gasteiger partial charge on any atom is 0.271 e. The number of hydrazine groups is 1. The van der Waals surface area contributed by atoms with Crippen LogP contribution in [0.3, 0.4) is 0 Å². The van der Waals surface area contributed by atoms with Crippen molar-refractivity contribution in [3.05, 3.63) is 42.1 Å². The second-order valence-corrected chi connectivity index (χ2v) is 3.13. The van der Waals surface area contributed by atoms with E-state index in [-0.39, 0.29) is 0 Å². The molecule has 0 bridgehead atoms. The van der Waals surface area contributed by atoms with Gasteiger partial charge in [0, 0.05) is 11.6 Å². The predicted molar refractivity (Wildman–Crippen MR) is 58.4 cm³/mol. The van der Waals surface area contributed by atoms with E-state index in [1.807, 2.05) is 24.3 Å². The quantitative estimate of drug-likeness (QED) is 0.582. The molecule has 0 saturated heterocycles. The normalized spacial score (nSPS) is 9.75. The van der Waals surface area contributed by atoms with E-state index < -0.39 is 5.91 Å². The number of amides is 2. The molecule has 0 spiro atoms. The lowest BCUT2D eigenvalue weighted by Crippen LogP contribution is -2.36. The highest BCUT2D eigenvalue weighted by Gasteiger charge is 2.05. The standard InChI is InChI=1S/C11H9N3O2/c15-7-13-14-11(16)9-5-8-3-1-2-4-10(8)12-6-9/h1-7H,(H,13,15)(H,14,16). The van der Waals surface area contributed by atoms with Crippen molar-refractivity contribution in [2.24, 2.45) is 0 Å². The van der Waals surface area contributed by atoms with Gasteiger partial charge in [0.1, 0.15) is 0 Å². The van der Waals surface area contributed by atoms with Crippen molar-refractivity contribution in [3.63, 3.8) is 0 Å².